The topological polar surface area (TPSA) is 29.5 Å². The van der Waals surface area contributed by atoms with Gasteiger partial charge in [-0.3, -0.25) is 9.63 Å². The molecule has 0 spiro atoms. The molecule has 1 aliphatic heterocycles. The monoisotopic (exact) mass is 287 g/mol. The van der Waals surface area contributed by atoms with Gasteiger partial charge in [-0.05, 0) is 40.9 Å². The van der Waals surface area contributed by atoms with Crippen LogP contribution in [0.4, 0.5) is 4.39 Å². The van der Waals surface area contributed by atoms with Crippen molar-refractivity contribution in [3.8, 4) is 0 Å². The highest BCUT2D eigenvalue weighted by Gasteiger charge is 2.22. The van der Waals surface area contributed by atoms with Crippen molar-refractivity contribution in [2.45, 2.75) is 12.8 Å². The Morgan fingerprint density at radius 1 is 1.44 bits per heavy atom. The van der Waals surface area contributed by atoms with Crippen molar-refractivity contribution in [2.75, 3.05) is 13.2 Å². The molecule has 2 rings (SSSR count). The summed E-state index contributed by atoms with van der Waals surface area (Å²) in [6.07, 6.45) is 1.87. The summed E-state index contributed by atoms with van der Waals surface area (Å²) < 4.78 is 13.4. The third kappa shape index (κ3) is 2.25. The Bertz CT molecular complexity index is 405. The van der Waals surface area contributed by atoms with Crippen LogP contribution < -0.4 is 0 Å². The Hall–Kier alpha value is -0.940. The first-order valence-corrected chi connectivity index (χ1v) is 5.88. The molecule has 0 bridgehead atoms. The molecule has 86 valence electrons. The van der Waals surface area contributed by atoms with Crippen molar-refractivity contribution < 1.29 is 14.0 Å². The fourth-order valence-corrected chi connectivity index (χ4v) is 1.99. The van der Waals surface area contributed by atoms with E-state index in [0.29, 0.717) is 18.7 Å². The third-order valence-electron chi connectivity index (χ3n) is 2.41. The molecule has 5 heteroatoms. The molecule has 1 aromatic rings. The minimum atomic E-state index is -0.442. The second-order valence-corrected chi connectivity index (χ2v) is 4.34. The van der Waals surface area contributed by atoms with E-state index in [-0.39, 0.29) is 10.4 Å². The second kappa shape index (κ2) is 4.93. The summed E-state index contributed by atoms with van der Waals surface area (Å²) in [5.41, 5.74) is 0.293. The van der Waals surface area contributed by atoms with E-state index in [4.69, 9.17) is 4.84 Å². The molecule has 1 saturated heterocycles. The van der Waals surface area contributed by atoms with Gasteiger partial charge in [0.05, 0.1) is 16.6 Å². The molecule has 0 atom stereocenters. The number of benzene rings is 1. The summed E-state index contributed by atoms with van der Waals surface area (Å²) in [6.45, 7) is 1.10. The van der Waals surface area contributed by atoms with Crippen LogP contribution in [-0.2, 0) is 4.84 Å². The van der Waals surface area contributed by atoms with E-state index in [9.17, 15) is 9.18 Å². The van der Waals surface area contributed by atoms with Gasteiger partial charge in [-0.15, -0.1) is 0 Å². The summed E-state index contributed by atoms with van der Waals surface area (Å²) >= 11 is 3.07. The van der Waals surface area contributed by atoms with Crippen molar-refractivity contribution in [2.24, 2.45) is 0 Å². The van der Waals surface area contributed by atoms with Crippen LogP contribution in [0.25, 0.3) is 0 Å². The lowest BCUT2D eigenvalue weighted by Gasteiger charge is -2.26. The molecule has 1 fully saturated rings. The molecule has 1 amide bonds. The van der Waals surface area contributed by atoms with E-state index in [2.05, 4.69) is 15.9 Å². The Balaban J connectivity index is 2.22. The van der Waals surface area contributed by atoms with Crippen LogP contribution >= 0.6 is 15.9 Å². The van der Waals surface area contributed by atoms with Crippen molar-refractivity contribution in [3.63, 3.8) is 0 Å². The maximum Gasteiger partial charge on any atom is 0.278 e. The average molecular weight is 288 g/mol. The van der Waals surface area contributed by atoms with E-state index in [1.54, 1.807) is 6.07 Å². The van der Waals surface area contributed by atoms with Gasteiger partial charge in [0.1, 0.15) is 5.82 Å². The lowest BCUT2D eigenvalue weighted by atomic mass is 10.2. The molecule has 16 heavy (non-hydrogen) atoms. The van der Waals surface area contributed by atoms with E-state index in [0.717, 1.165) is 12.8 Å². The number of halogens is 2. The molecule has 0 radical (unpaired) electrons. The second-order valence-electron chi connectivity index (χ2n) is 3.55. The number of rotatable bonds is 1. The molecule has 0 unspecified atom stereocenters. The van der Waals surface area contributed by atoms with Gasteiger partial charge in [-0.2, -0.15) is 0 Å². The predicted octanol–water partition coefficient (Wildman–Crippen LogP) is 2.76. The molecule has 0 aliphatic carbocycles. The molecule has 1 aliphatic rings. The quantitative estimate of drug-likeness (QED) is 0.795. The first-order valence-electron chi connectivity index (χ1n) is 5.09. The van der Waals surface area contributed by atoms with Gasteiger partial charge in [0.15, 0.2) is 0 Å². The van der Waals surface area contributed by atoms with E-state index < -0.39 is 5.82 Å². The average Bonchev–Trinajstić information content (AvgIpc) is 2.33. The van der Waals surface area contributed by atoms with Gasteiger partial charge in [0, 0.05) is 6.54 Å². The van der Waals surface area contributed by atoms with Crippen LogP contribution in [0.15, 0.2) is 22.7 Å². The number of hydrogen-bond acceptors (Lipinski definition) is 2. The highest BCUT2D eigenvalue weighted by molar-refractivity contribution is 9.10. The van der Waals surface area contributed by atoms with Gasteiger partial charge < -0.3 is 0 Å². The van der Waals surface area contributed by atoms with Crippen LogP contribution in [0, 0.1) is 5.82 Å². The van der Waals surface area contributed by atoms with Crippen molar-refractivity contribution in [3.05, 3.63) is 34.1 Å². The Labute approximate surface area is 101 Å². The molecule has 3 nitrogen and oxygen atoms in total. The van der Waals surface area contributed by atoms with Crippen LogP contribution in [-0.4, -0.2) is 24.1 Å². The summed E-state index contributed by atoms with van der Waals surface area (Å²) in [5.74, 6) is -0.742. The number of nitrogens with zero attached hydrogens (tertiary/aromatic N) is 1. The number of hydrogen-bond donors (Lipinski definition) is 0. The third-order valence-corrected chi connectivity index (χ3v) is 3.22. The van der Waals surface area contributed by atoms with Crippen LogP contribution in [0.3, 0.4) is 0 Å². The van der Waals surface area contributed by atoms with Crippen LogP contribution in [0.1, 0.15) is 23.2 Å². The van der Waals surface area contributed by atoms with Gasteiger partial charge in [-0.25, -0.2) is 9.45 Å². The Morgan fingerprint density at radius 3 is 2.94 bits per heavy atom. The zero-order valence-electron chi connectivity index (χ0n) is 8.58. The zero-order chi connectivity index (χ0) is 11.5. The van der Waals surface area contributed by atoms with Crippen molar-refractivity contribution in [1.29, 1.82) is 0 Å². The normalized spacial score (nSPS) is 16.2. The zero-order valence-corrected chi connectivity index (χ0v) is 10.2. The predicted molar refractivity (Wildman–Crippen MR) is 60.3 cm³/mol. The minimum absolute atomic E-state index is 0.189. The molecule has 1 aromatic carbocycles. The number of carbonyl (C=O) groups is 1. The summed E-state index contributed by atoms with van der Waals surface area (Å²) in [5, 5.41) is 1.29. The van der Waals surface area contributed by atoms with Crippen molar-refractivity contribution >= 4 is 21.8 Å². The highest BCUT2D eigenvalue weighted by Crippen LogP contribution is 2.22. The standard InChI is InChI=1S/C11H11BrFNO2/c12-10-8(4-3-5-9(10)13)11(15)14-6-1-2-7-16-14/h3-5H,1-2,6-7H2. The first kappa shape index (κ1) is 11.5. The van der Waals surface area contributed by atoms with Crippen molar-refractivity contribution in [1.82, 2.24) is 5.06 Å². The van der Waals surface area contributed by atoms with E-state index >= 15 is 0 Å². The van der Waals surface area contributed by atoms with Crippen LogP contribution in [0.5, 0.6) is 0 Å². The van der Waals surface area contributed by atoms with E-state index in [1.807, 2.05) is 0 Å². The maximum absolute atomic E-state index is 13.2. The Morgan fingerprint density at radius 2 is 2.25 bits per heavy atom. The first-order chi connectivity index (χ1) is 7.70. The lowest BCUT2D eigenvalue weighted by molar-refractivity contribution is -0.144. The fourth-order valence-electron chi connectivity index (χ4n) is 1.56. The number of carbonyl (C=O) groups excluding carboxylic acids is 1. The van der Waals surface area contributed by atoms with Gasteiger partial charge >= 0.3 is 0 Å². The number of amides is 1. The molecular weight excluding hydrogens is 277 g/mol. The molecule has 0 saturated carbocycles. The largest absolute Gasteiger partial charge is 0.278 e. The van der Waals surface area contributed by atoms with E-state index in [1.165, 1.54) is 17.2 Å². The van der Waals surface area contributed by atoms with Crippen LogP contribution in [0.2, 0.25) is 0 Å². The van der Waals surface area contributed by atoms with Gasteiger partial charge in [0.2, 0.25) is 0 Å². The number of hydroxylamine groups is 2. The maximum atomic E-state index is 13.2. The molecule has 1 heterocycles. The Kier molecular flexibility index (Phi) is 3.56. The summed E-state index contributed by atoms with van der Waals surface area (Å²) in [4.78, 5) is 17.2. The summed E-state index contributed by atoms with van der Waals surface area (Å²) in [7, 11) is 0. The lowest BCUT2D eigenvalue weighted by Crippen LogP contribution is -2.35. The van der Waals surface area contributed by atoms with Gasteiger partial charge in [0.25, 0.3) is 5.91 Å². The molecular formula is C11H11BrFNO2. The highest BCUT2D eigenvalue weighted by atomic mass is 79.9. The smallest absolute Gasteiger partial charge is 0.271 e. The molecule has 0 aromatic heterocycles. The fraction of sp³-hybridized carbons (Fsp3) is 0.364. The minimum Gasteiger partial charge on any atom is -0.271 e. The summed E-state index contributed by atoms with van der Waals surface area (Å²) in [6, 6.07) is 4.39. The van der Waals surface area contributed by atoms with Gasteiger partial charge in [-0.1, -0.05) is 6.07 Å². The SMILES string of the molecule is O=C(c1cccc(F)c1Br)N1CCCCO1. The molecule has 0 N–H and O–H groups in total.